The Morgan fingerprint density at radius 1 is 1.18 bits per heavy atom. The summed E-state index contributed by atoms with van der Waals surface area (Å²) in [6, 6.07) is 5.35. The second-order valence-electron chi connectivity index (χ2n) is 11.9. The molecule has 1 saturated carbocycles. The number of nitrogens with zero attached hydrogens (tertiary/aromatic N) is 4. The molecule has 3 aliphatic rings. The molecule has 0 unspecified atom stereocenters. The van der Waals surface area contributed by atoms with E-state index in [2.05, 4.69) is 20.2 Å². The summed E-state index contributed by atoms with van der Waals surface area (Å²) in [5, 5.41) is 12.4. The lowest BCUT2D eigenvalue weighted by Crippen LogP contribution is -2.58. The van der Waals surface area contributed by atoms with Gasteiger partial charge < -0.3 is 20.2 Å². The predicted molar refractivity (Wildman–Crippen MR) is 149 cm³/mol. The van der Waals surface area contributed by atoms with E-state index in [1.165, 1.54) is 0 Å². The maximum absolute atomic E-state index is 13.9. The topological polar surface area (TPSA) is 81.6 Å². The third-order valence-corrected chi connectivity index (χ3v) is 9.52. The van der Waals surface area contributed by atoms with Gasteiger partial charge in [-0.3, -0.25) is 4.79 Å². The first-order chi connectivity index (χ1) is 18.7. The molecule has 2 N–H and O–H groups in total. The van der Waals surface area contributed by atoms with Gasteiger partial charge in [-0.15, -0.1) is 0 Å². The molecule has 2 aliphatic heterocycles. The van der Waals surface area contributed by atoms with Crippen molar-refractivity contribution in [2.75, 3.05) is 36.4 Å². The Kier molecular flexibility index (Phi) is 7.91. The van der Waals surface area contributed by atoms with E-state index in [1.54, 1.807) is 24.8 Å². The number of carboxylic acids is 1. The highest BCUT2D eigenvalue weighted by Crippen LogP contribution is 2.46. The maximum Gasteiger partial charge on any atom is 0.435 e. The molecule has 218 valence electrons. The van der Waals surface area contributed by atoms with E-state index in [-0.39, 0.29) is 17.8 Å². The number of alkyl halides is 3. The summed E-state index contributed by atoms with van der Waals surface area (Å²) < 4.78 is 41.7. The zero-order valence-corrected chi connectivity index (χ0v) is 24.2. The molecule has 2 aromatic rings. The molecule has 3 heterocycles. The molecule has 0 spiro atoms. The van der Waals surface area contributed by atoms with Crippen molar-refractivity contribution in [1.82, 2.24) is 14.9 Å². The zero-order valence-electron chi connectivity index (χ0n) is 22.7. The number of aliphatic carboxylic acids is 1. The number of carboxylic acid groups (broad SMARTS) is 1. The summed E-state index contributed by atoms with van der Waals surface area (Å²) in [6.07, 6.45) is -1.34. The summed E-state index contributed by atoms with van der Waals surface area (Å²) in [4.78, 5) is 23.9. The number of carbonyl (C=O) groups is 1. The largest absolute Gasteiger partial charge is 0.481 e. The lowest BCUT2D eigenvalue weighted by atomic mass is 9.65. The molecule has 1 aromatic carbocycles. The van der Waals surface area contributed by atoms with E-state index in [0.29, 0.717) is 42.8 Å². The van der Waals surface area contributed by atoms with E-state index in [0.717, 1.165) is 37.1 Å². The molecule has 2 atom stereocenters. The number of likely N-dealkylation sites (tertiary alicyclic amines) is 1. The van der Waals surface area contributed by atoms with Crippen LogP contribution in [0.5, 0.6) is 0 Å². The van der Waals surface area contributed by atoms with Crippen LogP contribution >= 0.6 is 23.2 Å². The Bertz CT molecular complexity index is 1280. The Balaban J connectivity index is 1.28. The Labute approximate surface area is 242 Å². The van der Waals surface area contributed by atoms with Crippen LogP contribution in [0.15, 0.2) is 18.2 Å². The molecule has 0 bridgehead atoms. The van der Waals surface area contributed by atoms with Crippen LogP contribution in [0.4, 0.5) is 24.9 Å². The number of anilines is 2. The monoisotopic (exact) mass is 599 g/mol. The lowest BCUT2D eigenvalue weighted by Gasteiger charge is -2.52. The summed E-state index contributed by atoms with van der Waals surface area (Å²) in [5.74, 6) is -0.108. The summed E-state index contributed by atoms with van der Waals surface area (Å²) in [7, 11) is 0. The smallest absolute Gasteiger partial charge is 0.435 e. The van der Waals surface area contributed by atoms with Gasteiger partial charge in [-0.1, -0.05) is 35.3 Å². The number of nitrogens with one attached hydrogen (secondary N) is 1. The minimum Gasteiger partial charge on any atom is -0.481 e. The number of piperidine rings is 1. The molecule has 1 aromatic heterocycles. The van der Waals surface area contributed by atoms with Gasteiger partial charge in [-0.05, 0) is 82.0 Å². The molecule has 3 fully saturated rings. The number of benzene rings is 1. The minimum absolute atomic E-state index is 0.00145. The highest BCUT2D eigenvalue weighted by Gasteiger charge is 2.50. The van der Waals surface area contributed by atoms with Gasteiger partial charge in [0.1, 0.15) is 5.02 Å². The van der Waals surface area contributed by atoms with Crippen molar-refractivity contribution in [3.05, 3.63) is 45.1 Å². The van der Waals surface area contributed by atoms with E-state index >= 15 is 0 Å². The fourth-order valence-electron chi connectivity index (χ4n) is 6.27. The number of aromatic nitrogens is 2. The van der Waals surface area contributed by atoms with E-state index in [4.69, 9.17) is 23.2 Å². The standard InChI is InChI=1S/C28H34Cl2F3N5O2/c1-15-6-7-20(21(29)9-15)16(2)34-24-22(30)23(28(31,32)33)35-26(36-24)38-13-18(14-38)17-5-4-8-37(12-17)19-10-27(3,11-19)25(39)40/h6-7,9,16-19H,4-5,8,10-14H2,1-3H3,(H,39,40)(H,34,35,36)/t16-,17+,19?,27?/m1/s1. The van der Waals surface area contributed by atoms with E-state index in [1.807, 2.05) is 19.1 Å². The highest BCUT2D eigenvalue weighted by molar-refractivity contribution is 6.33. The van der Waals surface area contributed by atoms with Gasteiger partial charge in [0, 0.05) is 30.7 Å². The third kappa shape index (κ3) is 5.72. The van der Waals surface area contributed by atoms with Crippen molar-refractivity contribution in [3.8, 4) is 0 Å². The normalized spacial score (nSPS) is 26.6. The summed E-state index contributed by atoms with van der Waals surface area (Å²) >= 11 is 12.6. The molecular formula is C28H34Cl2F3N5O2. The SMILES string of the molecule is Cc1ccc([C@@H](C)Nc2nc(N3CC([C@H]4CCCN(C5CC(C)(C(=O)O)C5)C4)C3)nc(C(F)(F)F)c2Cl)c(Cl)c1. The van der Waals surface area contributed by atoms with Crippen LogP contribution in [-0.2, 0) is 11.0 Å². The van der Waals surface area contributed by atoms with Gasteiger partial charge in [0.15, 0.2) is 11.5 Å². The van der Waals surface area contributed by atoms with Crippen molar-refractivity contribution < 1.29 is 23.1 Å². The number of hydrogen-bond donors (Lipinski definition) is 2. The van der Waals surface area contributed by atoms with Crippen molar-refractivity contribution in [3.63, 3.8) is 0 Å². The van der Waals surface area contributed by atoms with Gasteiger partial charge in [0.25, 0.3) is 0 Å². The number of hydrogen-bond acceptors (Lipinski definition) is 6. The first-order valence-corrected chi connectivity index (χ1v) is 14.4. The van der Waals surface area contributed by atoms with Crippen molar-refractivity contribution in [2.24, 2.45) is 17.3 Å². The van der Waals surface area contributed by atoms with Gasteiger partial charge in [-0.2, -0.15) is 18.2 Å². The molecule has 7 nitrogen and oxygen atoms in total. The molecule has 40 heavy (non-hydrogen) atoms. The fraction of sp³-hybridized carbons (Fsp3) is 0.607. The number of aryl methyl sites for hydroxylation is 1. The van der Waals surface area contributed by atoms with Crippen LogP contribution in [0.2, 0.25) is 10.0 Å². The second-order valence-corrected chi connectivity index (χ2v) is 12.7. The molecule has 12 heteroatoms. The third-order valence-electron chi connectivity index (χ3n) is 8.84. The minimum atomic E-state index is -4.74. The van der Waals surface area contributed by atoms with Gasteiger partial charge >= 0.3 is 12.1 Å². The fourth-order valence-corrected chi connectivity index (χ4v) is 6.92. The van der Waals surface area contributed by atoms with Crippen LogP contribution < -0.4 is 10.2 Å². The second kappa shape index (κ2) is 10.8. The predicted octanol–water partition coefficient (Wildman–Crippen LogP) is 6.69. The Morgan fingerprint density at radius 3 is 2.50 bits per heavy atom. The Morgan fingerprint density at radius 2 is 1.88 bits per heavy atom. The molecular weight excluding hydrogens is 566 g/mol. The van der Waals surface area contributed by atoms with Crippen LogP contribution in [0.25, 0.3) is 0 Å². The quantitative estimate of drug-likeness (QED) is 0.367. The van der Waals surface area contributed by atoms with Gasteiger partial charge in [0.05, 0.1) is 11.5 Å². The summed E-state index contributed by atoms with van der Waals surface area (Å²) in [5.41, 5.74) is -0.107. The average Bonchev–Trinajstić information content (AvgIpc) is 2.82. The molecule has 5 rings (SSSR count). The first-order valence-electron chi connectivity index (χ1n) is 13.6. The van der Waals surface area contributed by atoms with Crippen LogP contribution in [0.3, 0.4) is 0 Å². The van der Waals surface area contributed by atoms with Crippen LogP contribution in [-0.4, -0.2) is 58.2 Å². The van der Waals surface area contributed by atoms with Crippen molar-refractivity contribution in [2.45, 2.75) is 64.7 Å². The molecule has 0 radical (unpaired) electrons. The van der Waals surface area contributed by atoms with Crippen LogP contribution in [0.1, 0.15) is 62.4 Å². The van der Waals surface area contributed by atoms with Gasteiger partial charge in [0.2, 0.25) is 5.95 Å². The Hall–Kier alpha value is -2.30. The van der Waals surface area contributed by atoms with E-state index < -0.39 is 34.3 Å². The van der Waals surface area contributed by atoms with Gasteiger partial charge in [-0.25, -0.2) is 4.98 Å². The zero-order chi connectivity index (χ0) is 29.0. The highest BCUT2D eigenvalue weighted by atomic mass is 35.5. The average molecular weight is 601 g/mol. The number of halogens is 5. The lowest BCUT2D eigenvalue weighted by molar-refractivity contribution is -0.158. The number of rotatable bonds is 7. The first kappa shape index (κ1) is 29.2. The molecule has 1 aliphatic carbocycles. The maximum atomic E-state index is 13.9. The summed E-state index contributed by atoms with van der Waals surface area (Å²) in [6.45, 7) is 8.47. The van der Waals surface area contributed by atoms with Crippen LogP contribution in [0, 0.1) is 24.2 Å². The van der Waals surface area contributed by atoms with E-state index in [9.17, 15) is 23.1 Å². The molecule has 2 saturated heterocycles. The van der Waals surface area contributed by atoms with Crippen molar-refractivity contribution in [1.29, 1.82) is 0 Å². The van der Waals surface area contributed by atoms with Crippen molar-refractivity contribution >= 4 is 40.9 Å². The molecule has 0 amide bonds.